The van der Waals surface area contributed by atoms with Crippen molar-refractivity contribution in [3.63, 3.8) is 0 Å². The van der Waals surface area contributed by atoms with Crippen LogP contribution in [0, 0.1) is 0 Å². The molecule has 0 aliphatic heterocycles. The molecule has 1 aliphatic carbocycles. The minimum Gasteiger partial charge on any atom is -0.0683 e. The quantitative estimate of drug-likeness (QED) is 0.278. The lowest BCUT2D eigenvalue weighted by Gasteiger charge is -2.21. The Kier molecular flexibility index (Phi) is 5.37. The van der Waals surface area contributed by atoms with Gasteiger partial charge in [0, 0.05) is 5.41 Å². The van der Waals surface area contributed by atoms with Crippen LogP contribution in [-0.4, -0.2) is 0 Å². The topological polar surface area (TPSA) is 0 Å². The number of hydrogen-bond acceptors (Lipinski definition) is 0. The molecule has 0 fully saturated rings. The molecule has 138 valence electrons. The Labute approximate surface area is 163 Å². The average molecular weight is 355 g/mol. The SMILES string of the molecule is CC.CC.CC1(C)c2ccccc2-c2cc3cc4ccccc4cc3cc21. The minimum absolute atomic E-state index is 0.0752. The van der Waals surface area contributed by atoms with Gasteiger partial charge in [-0.2, -0.15) is 0 Å². The molecule has 1 aliphatic rings. The van der Waals surface area contributed by atoms with Crippen LogP contribution in [0.15, 0.2) is 72.8 Å². The summed E-state index contributed by atoms with van der Waals surface area (Å²) in [5.41, 5.74) is 5.75. The van der Waals surface area contributed by atoms with Gasteiger partial charge in [-0.05, 0) is 68.1 Å². The number of hydrogen-bond donors (Lipinski definition) is 0. The van der Waals surface area contributed by atoms with E-state index in [1.54, 1.807) is 0 Å². The van der Waals surface area contributed by atoms with Crippen LogP contribution in [0.1, 0.15) is 52.7 Å². The zero-order valence-electron chi connectivity index (χ0n) is 17.4. The summed E-state index contributed by atoms with van der Waals surface area (Å²) in [6.07, 6.45) is 0. The molecule has 0 N–H and O–H groups in total. The van der Waals surface area contributed by atoms with Gasteiger partial charge in [-0.15, -0.1) is 0 Å². The monoisotopic (exact) mass is 354 g/mol. The van der Waals surface area contributed by atoms with Crippen LogP contribution < -0.4 is 0 Å². The Bertz CT molecular complexity index is 1080. The van der Waals surface area contributed by atoms with Crippen LogP contribution in [0.3, 0.4) is 0 Å². The van der Waals surface area contributed by atoms with E-state index in [-0.39, 0.29) is 5.41 Å². The molecule has 0 radical (unpaired) electrons. The fourth-order valence-electron chi connectivity index (χ4n) is 4.14. The van der Waals surface area contributed by atoms with E-state index in [4.69, 9.17) is 0 Å². The van der Waals surface area contributed by atoms with E-state index in [0.29, 0.717) is 0 Å². The second kappa shape index (κ2) is 7.56. The summed E-state index contributed by atoms with van der Waals surface area (Å²) in [6, 6.07) is 26.9. The van der Waals surface area contributed by atoms with E-state index in [2.05, 4.69) is 86.6 Å². The lowest BCUT2D eigenvalue weighted by molar-refractivity contribution is 0.661. The highest BCUT2D eigenvalue weighted by atomic mass is 14.4. The molecule has 0 bridgehead atoms. The molecule has 0 saturated heterocycles. The maximum atomic E-state index is 2.40. The van der Waals surface area contributed by atoms with E-state index in [9.17, 15) is 0 Å². The Morgan fingerprint density at radius 3 is 1.63 bits per heavy atom. The van der Waals surface area contributed by atoms with Crippen molar-refractivity contribution in [2.24, 2.45) is 0 Å². The first-order chi connectivity index (χ1) is 13.1. The normalized spacial score (nSPS) is 13.1. The van der Waals surface area contributed by atoms with Crippen molar-refractivity contribution < 1.29 is 0 Å². The molecule has 0 spiro atoms. The van der Waals surface area contributed by atoms with Crippen LogP contribution in [-0.2, 0) is 5.41 Å². The van der Waals surface area contributed by atoms with Crippen LogP contribution >= 0.6 is 0 Å². The van der Waals surface area contributed by atoms with Gasteiger partial charge in [0.2, 0.25) is 0 Å². The predicted octanol–water partition coefficient (Wildman–Crippen LogP) is 8.35. The fraction of sp³-hybridized carbons (Fsp3) is 0.259. The molecule has 27 heavy (non-hydrogen) atoms. The van der Waals surface area contributed by atoms with Gasteiger partial charge >= 0.3 is 0 Å². The molecule has 5 rings (SSSR count). The van der Waals surface area contributed by atoms with E-state index in [1.807, 2.05) is 27.7 Å². The highest BCUT2D eigenvalue weighted by Gasteiger charge is 2.35. The van der Waals surface area contributed by atoms with Crippen molar-refractivity contribution in [1.82, 2.24) is 0 Å². The zero-order chi connectivity index (χ0) is 19.6. The third-order valence-corrected chi connectivity index (χ3v) is 5.41. The highest BCUT2D eigenvalue weighted by molar-refractivity contribution is 6.01. The van der Waals surface area contributed by atoms with Crippen molar-refractivity contribution in [3.05, 3.63) is 83.9 Å². The highest BCUT2D eigenvalue weighted by Crippen LogP contribution is 2.49. The fourth-order valence-corrected chi connectivity index (χ4v) is 4.14. The summed E-state index contributed by atoms with van der Waals surface area (Å²) in [5.74, 6) is 0. The Balaban J connectivity index is 0.000000495. The van der Waals surface area contributed by atoms with E-state index < -0.39 is 0 Å². The smallest absolute Gasteiger partial charge is 0.0159 e. The van der Waals surface area contributed by atoms with Gasteiger partial charge in [0.1, 0.15) is 0 Å². The first-order valence-corrected chi connectivity index (χ1v) is 10.2. The molecule has 0 heterocycles. The summed E-state index contributed by atoms with van der Waals surface area (Å²) in [6.45, 7) is 12.7. The van der Waals surface area contributed by atoms with Gasteiger partial charge in [0.15, 0.2) is 0 Å². The first kappa shape index (κ1) is 19.2. The molecule has 0 aromatic heterocycles. The summed E-state index contributed by atoms with van der Waals surface area (Å²) < 4.78 is 0. The van der Waals surface area contributed by atoms with Gasteiger partial charge in [0.05, 0.1) is 0 Å². The standard InChI is InChI=1S/C23H18.2C2H6/c1-23(2)21-10-6-5-9-19(21)20-13-17-11-15-7-3-4-8-16(15)12-18(17)14-22(20)23;2*1-2/h3-14H,1-2H3;2*1-2H3. The molecular formula is C27H30. The Hall–Kier alpha value is -2.60. The van der Waals surface area contributed by atoms with E-state index >= 15 is 0 Å². The molecule has 4 aromatic rings. The molecule has 0 heteroatoms. The second-order valence-corrected chi connectivity index (χ2v) is 7.11. The van der Waals surface area contributed by atoms with Crippen LogP contribution in [0.5, 0.6) is 0 Å². The predicted molar refractivity (Wildman–Crippen MR) is 122 cm³/mol. The van der Waals surface area contributed by atoms with Gasteiger partial charge in [-0.1, -0.05) is 90.1 Å². The molecule has 0 saturated carbocycles. The van der Waals surface area contributed by atoms with Crippen molar-refractivity contribution in [2.75, 3.05) is 0 Å². The maximum absolute atomic E-state index is 2.40. The van der Waals surface area contributed by atoms with Gasteiger partial charge in [-0.3, -0.25) is 0 Å². The first-order valence-electron chi connectivity index (χ1n) is 10.2. The van der Waals surface area contributed by atoms with Crippen molar-refractivity contribution in [3.8, 4) is 11.1 Å². The summed E-state index contributed by atoms with van der Waals surface area (Å²) in [4.78, 5) is 0. The molecule has 0 unspecified atom stereocenters. The second-order valence-electron chi connectivity index (χ2n) is 7.11. The number of fused-ring (bicyclic) bond motifs is 5. The van der Waals surface area contributed by atoms with Crippen molar-refractivity contribution in [2.45, 2.75) is 47.0 Å². The van der Waals surface area contributed by atoms with Crippen molar-refractivity contribution in [1.29, 1.82) is 0 Å². The molecule has 0 amide bonds. The summed E-state index contributed by atoms with van der Waals surface area (Å²) in [5, 5.41) is 5.29. The molecular weight excluding hydrogens is 324 g/mol. The van der Waals surface area contributed by atoms with Crippen molar-refractivity contribution >= 4 is 21.5 Å². The van der Waals surface area contributed by atoms with Crippen LogP contribution in [0.25, 0.3) is 32.7 Å². The largest absolute Gasteiger partial charge is 0.0683 e. The Morgan fingerprint density at radius 2 is 1.00 bits per heavy atom. The lowest BCUT2D eigenvalue weighted by atomic mass is 9.82. The third kappa shape index (κ3) is 3.04. The molecule has 0 nitrogen and oxygen atoms in total. The van der Waals surface area contributed by atoms with E-state index in [1.165, 1.54) is 43.8 Å². The summed E-state index contributed by atoms with van der Waals surface area (Å²) in [7, 11) is 0. The van der Waals surface area contributed by atoms with E-state index in [0.717, 1.165) is 0 Å². The maximum Gasteiger partial charge on any atom is 0.0159 e. The zero-order valence-corrected chi connectivity index (χ0v) is 17.4. The number of rotatable bonds is 0. The Morgan fingerprint density at radius 1 is 0.481 bits per heavy atom. The van der Waals surface area contributed by atoms with Crippen LogP contribution in [0.2, 0.25) is 0 Å². The van der Waals surface area contributed by atoms with Gasteiger partial charge in [-0.25, -0.2) is 0 Å². The summed E-state index contributed by atoms with van der Waals surface area (Å²) >= 11 is 0. The van der Waals surface area contributed by atoms with Gasteiger partial charge in [0.25, 0.3) is 0 Å². The average Bonchev–Trinajstić information content (AvgIpc) is 2.95. The molecule has 4 aromatic carbocycles. The van der Waals surface area contributed by atoms with Crippen LogP contribution in [0.4, 0.5) is 0 Å². The number of benzene rings is 4. The van der Waals surface area contributed by atoms with Gasteiger partial charge < -0.3 is 0 Å². The third-order valence-electron chi connectivity index (χ3n) is 5.41. The minimum atomic E-state index is 0.0752. The molecule has 0 atom stereocenters. The lowest BCUT2D eigenvalue weighted by Crippen LogP contribution is -2.14.